The number of carbonyl (C=O) groups is 3. The summed E-state index contributed by atoms with van der Waals surface area (Å²) in [7, 11) is 0. The van der Waals surface area contributed by atoms with E-state index in [1.807, 2.05) is 50.3 Å². The van der Waals surface area contributed by atoms with Crippen LogP contribution < -0.4 is 4.90 Å². The van der Waals surface area contributed by atoms with Gasteiger partial charge in [0, 0.05) is 30.6 Å². The monoisotopic (exact) mass is 510 g/mol. The minimum atomic E-state index is -0.873. The van der Waals surface area contributed by atoms with Gasteiger partial charge in [0.25, 0.3) is 5.91 Å². The highest BCUT2D eigenvalue weighted by molar-refractivity contribution is 8.02. The van der Waals surface area contributed by atoms with E-state index in [1.54, 1.807) is 21.6 Å². The van der Waals surface area contributed by atoms with Crippen molar-refractivity contribution in [2.45, 2.75) is 55.6 Å². The van der Waals surface area contributed by atoms with Crippen molar-refractivity contribution in [3.8, 4) is 0 Å². The molecular weight excluding hydrogens is 476 g/mol. The number of nitrogens with zero attached hydrogens (tertiary/aromatic N) is 2. The van der Waals surface area contributed by atoms with Crippen molar-refractivity contribution in [1.82, 2.24) is 4.90 Å². The van der Waals surface area contributed by atoms with Gasteiger partial charge in [0.15, 0.2) is 0 Å². The molecule has 1 N–H and O–H groups in total. The Kier molecular flexibility index (Phi) is 7.01. The first-order valence-corrected chi connectivity index (χ1v) is 13.8. The van der Waals surface area contributed by atoms with Crippen molar-refractivity contribution < 1.29 is 24.2 Å². The third-order valence-electron chi connectivity index (χ3n) is 7.87. The largest absolute Gasteiger partial charge is 0.465 e. The van der Waals surface area contributed by atoms with Crippen LogP contribution in [0.3, 0.4) is 0 Å². The minimum absolute atomic E-state index is 0.0806. The predicted octanol–water partition coefficient (Wildman–Crippen LogP) is 3.17. The van der Waals surface area contributed by atoms with E-state index in [1.165, 1.54) is 0 Å². The zero-order chi connectivity index (χ0) is 25.4. The molecule has 0 radical (unpaired) electrons. The number of amides is 2. The molecule has 1 aromatic carbocycles. The molecule has 4 aliphatic heterocycles. The van der Waals surface area contributed by atoms with Gasteiger partial charge in [-0.25, -0.2) is 0 Å². The van der Waals surface area contributed by atoms with Crippen molar-refractivity contribution in [3.05, 3.63) is 53.6 Å². The molecule has 1 unspecified atom stereocenters. The second-order valence-corrected chi connectivity index (χ2v) is 11.6. The van der Waals surface area contributed by atoms with Crippen LogP contribution in [-0.4, -0.2) is 70.1 Å². The highest BCUT2D eigenvalue weighted by Gasteiger charge is 2.70. The van der Waals surface area contributed by atoms with Gasteiger partial charge >= 0.3 is 5.97 Å². The van der Waals surface area contributed by atoms with Gasteiger partial charge in [0.05, 0.1) is 23.2 Å². The Labute approximate surface area is 216 Å². The van der Waals surface area contributed by atoms with Crippen molar-refractivity contribution in [2.75, 3.05) is 31.2 Å². The lowest BCUT2D eigenvalue weighted by Gasteiger charge is -2.36. The number of aliphatic hydroxyl groups is 1. The van der Waals surface area contributed by atoms with Gasteiger partial charge in [-0.1, -0.05) is 42.5 Å². The lowest BCUT2D eigenvalue weighted by atomic mass is 9.78. The molecule has 2 amide bonds. The molecule has 0 saturated carbocycles. The molecule has 4 heterocycles. The van der Waals surface area contributed by atoms with Gasteiger partial charge in [0.2, 0.25) is 5.91 Å². The van der Waals surface area contributed by atoms with Crippen molar-refractivity contribution >= 4 is 35.2 Å². The summed E-state index contributed by atoms with van der Waals surface area (Å²) in [4.78, 5) is 45.2. The number of rotatable bonds is 4. The number of anilines is 1. The Morgan fingerprint density at radius 2 is 1.89 bits per heavy atom. The zero-order valence-electron chi connectivity index (χ0n) is 20.9. The van der Waals surface area contributed by atoms with Crippen molar-refractivity contribution in [1.29, 1.82) is 0 Å². The summed E-state index contributed by atoms with van der Waals surface area (Å²) < 4.78 is 4.77. The van der Waals surface area contributed by atoms with E-state index in [0.29, 0.717) is 19.6 Å². The molecule has 5 atom stereocenters. The number of allylic oxidation sites excluding steroid dienone is 1. The molecule has 8 heteroatoms. The molecule has 7 nitrogen and oxygen atoms in total. The van der Waals surface area contributed by atoms with E-state index in [-0.39, 0.29) is 36.2 Å². The maximum Gasteiger partial charge on any atom is 0.311 e. The number of hydrogen-bond donors (Lipinski definition) is 1. The fraction of sp³-hybridized carbons (Fsp3) is 0.536. The van der Waals surface area contributed by atoms with E-state index in [9.17, 15) is 19.5 Å². The Hall–Kier alpha value is -2.58. The van der Waals surface area contributed by atoms with Gasteiger partial charge in [0.1, 0.15) is 6.04 Å². The average Bonchev–Trinajstić information content (AvgIpc) is 3.23. The summed E-state index contributed by atoms with van der Waals surface area (Å²) in [6.07, 6.45) is 11.2. The van der Waals surface area contributed by atoms with Crippen LogP contribution >= 0.6 is 11.8 Å². The zero-order valence-corrected chi connectivity index (χ0v) is 21.7. The van der Waals surface area contributed by atoms with Crippen molar-refractivity contribution in [3.63, 3.8) is 0 Å². The van der Waals surface area contributed by atoms with Crippen molar-refractivity contribution in [2.24, 2.45) is 11.8 Å². The van der Waals surface area contributed by atoms with Crippen LogP contribution in [0.1, 0.15) is 36.8 Å². The maximum absolute atomic E-state index is 14.4. The quantitative estimate of drug-likeness (QED) is 0.495. The van der Waals surface area contributed by atoms with Crippen LogP contribution in [0.5, 0.6) is 0 Å². The summed E-state index contributed by atoms with van der Waals surface area (Å²) in [5.41, 5.74) is 2.86. The highest BCUT2D eigenvalue weighted by Crippen LogP contribution is 2.60. The molecule has 2 saturated heterocycles. The molecule has 1 aromatic rings. The molecule has 0 aromatic heterocycles. The second-order valence-electron chi connectivity index (χ2n) is 10.1. The van der Waals surface area contributed by atoms with E-state index in [4.69, 9.17) is 4.74 Å². The number of cyclic esters (lactones) is 1. The first kappa shape index (κ1) is 25.1. The Bertz CT molecular complexity index is 1100. The third-order valence-corrected chi connectivity index (χ3v) is 9.61. The van der Waals surface area contributed by atoms with Gasteiger partial charge in [-0.05, 0) is 50.7 Å². The molecule has 2 fully saturated rings. The number of hydrogen-bond acceptors (Lipinski definition) is 6. The van der Waals surface area contributed by atoms with E-state index in [0.717, 1.165) is 36.1 Å². The third kappa shape index (κ3) is 3.98. The fourth-order valence-corrected chi connectivity index (χ4v) is 8.33. The number of fused-ring (bicyclic) bond motifs is 2. The van der Waals surface area contributed by atoms with E-state index >= 15 is 0 Å². The summed E-state index contributed by atoms with van der Waals surface area (Å²) in [5, 5.41) is 9.31. The first-order valence-electron chi connectivity index (χ1n) is 12.9. The number of esters is 1. The number of thioether (sulfide) groups is 1. The molecule has 1 spiro atoms. The van der Waals surface area contributed by atoms with Crippen LogP contribution in [0.15, 0.2) is 42.5 Å². The van der Waals surface area contributed by atoms with Gasteiger partial charge in [-0.2, -0.15) is 0 Å². The predicted molar refractivity (Wildman–Crippen MR) is 140 cm³/mol. The summed E-state index contributed by atoms with van der Waals surface area (Å²) in [5.74, 6) is -2.03. The smallest absolute Gasteiger partial charge is 0.311 e. The van der Waals surface area contributed by atoms with Gasteiger partial charge in [-0.15, -0.1) is 11.8 Å². The molecular formula is C28H34N2O5S. The molecule has 192 valence electrons. The highest BCUT2D eigenvalue weighted by atomic mass is 32.2. The standard InChI is InChI=1S/C28H34N2O5S/c1-18-10-7-11-19(2)23(18)29-14-8-13-28-22(25(32)30(15-9-16-31)24(28)26(29)33)21-20(36-28)12-5-3-4-6-17-35-27(21)34/h5,7-8,10-13,20-22,24,31H,3-4,6,9,14-17H2,1-2H3/b12-5-/t20-,21+,22-,24?,28-/m0/s1. The second kappa shape index (κ2) is 10.1. The van der Waals surface area contributed by atoms with Crippen LogP contribution in [-0.2, 0) is 19.1 Å². The maximum atomic E-state index is 14.4. The average molecular weight is 511 g/mol. The normalized spacial score (nSPS) is 33.0. The van der Waals surface area contributed by atoms with Gasteiger partial charge < -0.3 is 19.6 Å². The Balaban J connectivity index is 1.62. The topological polar surface area (TPSA) is 87.2 Å². The lowest BCUT2D eigenvalue weighted by molar-refractivity contribution is -0.153. The number of benzene rings is 1. The summed E-state index contributed by atoms with van der Waals surface area (Å²) in [6.45, 7) is 4.91. The number of likely N-dealkylation sites (tertiary alicyclic amines) is 1. The van der Waals surface area contributed by atoms with Crippen LogP contribution in [0, 0.1) is 25.7 Å². The van der Waals surface area contributed by atoms with Crippen LogP contribution in [0.25, 0.3) is 0 Å². The number of para-hydroxylation sites is 1. The lowest BCUT2D eigenvalue weighted by Crippen LogP contribution is -2.53. The SMILES string of the molecule is Cc1cccc(C)c1N1CC=C[C@]23S[C@H]4/C=C\CCCCOC(=O)[C@H]4[C@H]2C(=O)N(CCCO)C3C1=O. The summed E-state index contributed by atoms with van der Waals surface area (Å²) >= 11 is 1.56. The Morgan fingerprint density at radius 3 is 2.64 bits per heavy atom. The fourth-order valence-electron chi connectivity index (χ4n) is 6.33. The number of carbonyl (C=O) groups excluding carboxylic acids is 3. The molecule has 0 aliphatic carbocycles. The Morgan fingerprint density at radius 1 is 1.11 bits per heavy atom. The summed E-state index contributed by atoms with van der Waals surface area (Å²) in [6, 6.07) is 5.20. The number of aliphatic hydroxyl groups excluding tert-OH is 1. The van der Waals surface area contributed by atoms with Crippen LogP contribution in [0.4, 0.5) is 5.69 Å². The first-order chi connectivity index (χ1) is 17.4. The van der Waals surface area contributed by atoms with E-state index < -0.39 is 22.6 Å². The number of aryl methyl sites for hydroxylation is 2. The molecule has 5 rings (SSSR count). The van der Waals surface area contributed by atoms with E-state index in [2.05, 4.69) is 6.08 Å². The minimum Gasteiger partial charge on any atom is -0.465 e. The molecule has 0 bridgehead atoms. The van der Waals surface area contributed by atoms with Crippen LogP contribution in [0.2, 0.25) is 0 Å². The van der Waals surface area contributed by atoms with Gasteiger partial charge in [-0.3, -0.25) is 14.4 Å². The molecule has 4 aliphatic rings. The molecule has 36 heavy (non-hydrogen) atoms. The number of ether oxygens (including phenoxy) is 1.